The first-order chi connectivity index (χ1) is 5.66. The van der Waals surface area contributed by atoms with Gasteiger partial charge in [-0.1, -0.05) is 19.9 Å². The van der Waals surface area contributed by atoms with Crippen molar-refractivity contribution in [1.29, 1.82) is 0 Å². The van der Waals surface area contributed by atoms with Gasteiger partial charge in [0.1, 0.15) is 0 Å². The maximum Gasteiger partial charge on any atom is 0.207 e. The SMILES string of the molecule is C=C(CC)OC1(O)CCCCC1. The number of ether oxygens (including phenoxy) is 1. The monoisotopic (exact) mass is 170 g/mol. The summed E-state index contributed by atoms with van der Waals surface area (Å²) in [6.45, 7) is 5.71. The van der Waals surface area contributed by atoms with E-state index < -0.39 is 5.79 Å². The van der Waals surface area contributed by atoms with Gasteiger partial charge in [0, 0.05) is 19.3 Å². The number of aliphatic hydroxyl groups is 1. The van der Waals surface area contributed by atoms with Gasteiger partial charge in [-0.2, -0.15) is 0 Å². The van der Waals surface area contributed by atoms with Crippen LogP contribution in [-0.2, 0) is 4.74 Å². The van der Waals surface area contributed by atoms with Crippen molar-refractivity contribution in [2.45, 2.75) is 51.2 Å². The molecular weight excluding hydrogens is 152 g/mol. The third kappa shape index (κ3) is 2.52. The second-order valence-corrected chi connectivity index (χ2v) is 3.50. The van der Waals surface area contributed by atoms with E-state index in [9.17, 15) is 5.11 Å². The first kappa shape index (κ1) is 9.59. The molecule has 0 saturated heterocycles. The van der Waals surface area contributed by atoms with E-state index in [0.717, 1.165) is 32.1 Å². The van der Waals surface area contributed by atoms with Crippen molar-refractivity contribution in [1.82, 2.24) is 0 Å². The van der Waals surface area contributed by atoms with E-state index in [1.54, 1.807) is 0 Å². The molecule has 0 atom stereocenters. The molecule has 2 heteroatoms. The van der Waals surface area contributed by atoms with Crippen LogP contribution in [0.25, 0.3) is 0 Å². The van der Waals surface area contributed by atoms with Crippen LogP contribution < -0.4 is 0 Å². The average molecular weight is 170 g/mol. The van der Waals surface area contributed by atoms with E-state index in [-0.39, 0.29) is 0 Å². The predicted molar refractivity (Wildman–Crippen MR) is 48.6 cm³/mol. The highest BCUT2D eigenvalue weighted by Gasteiger charge is 2.31. The minimum atomic E-state index is -0.897. The van der Waals surface area contributed by atoms with Crippen LogP contribution in [0.2, 0.25) is 0 Å². The summed E-state index contributed by atoms with van der Waals surface area (Å²) in [6.07, 6.45) is 5.63. The Morgan fingerprint density at radius 3 is 2.50 bits per heavy atom. The molecule has 1 aliphatic rings. The molecule has 0 amide bonds. The topological polar surface area (TPSA) is 29.5 Å². The first-order valence-corrected chi connectivity index (χ1v) is 4.75. The molecule has 1 saturated carbocycles. The van der Waals surface area contributed by atoms with Gasteiger partial charge in [0.2, 0.25) is 5.79 Å². The average Bonchev–Trinajstić information content (AvgIpc) is 2.05. The van der Waals surface area contributed by atoms with Crippen molar-refractivity contribution in [2.24, 2.45) is 0 Å². The van der Waals surface area contributed by atoms with Crippen LogP contribution in [-0.4, -0.2) is 10.9 Å². The van der Waals surface area contributed by atoms with Gasteiger partial charge in [0.25, 0.3) is 0 Å². The van der Waals surface area contributed by atoms with Gasteiger partial charge in [-0.05, 0) is 12.8 Å². The zero-order valence-corrected chi connectivity index (χ0v) is 7.81. The summed E-state index contributed by atoms with van der Waals surface area (Å²) in [5.41, 5.74) is 0. The van der Waals surface area contributed by atoms with Crippen LogP contribution in [0.3, 0.4) is 0 Å². The van der Waals surface area contributed by atoms with E-state index >= 15 is 0 Å². The van der Waals surface area contributed by atoms with E-state index in [0.29, 0.717) is 5.76 Å². The Labute approximate surface area is 74.2 Å². The van der Waals surface area contributed by atoms with Crippen LogP contribution in [0, 0.1) is 0 Å². The van der Waals surface area contributed by atoms with Gasteiger partial charge in [-0.15, -0.1) is 0 Å². The lowest BCUT2D eigenvalue weighted by atomic mass is 9.94. The van der Waals surface area contributed by atoms with Crippen LogP contribution in [0.5, 0.6) is 0 Å². The third-order valence-corrected chi connectivity index (χ3v) is 2.36. The summed E-state index contributed by atoms with van der Waals surface area (Å²) >= 11 is 0. The molecule has 0 radical (unpaired) electrons. The summed E-state index contributed by atoms with van der Waals surface area (Å²) < 4.78 is 5.39. The first-order valence-electron chi connectivity index (χ1n) is 4.75. The lowest BCUT2D eigenvalue weighted by Crippen LogP contribution is -2.34. The Kier molecular flexibility index (Phi) is 3.15. The molecule has 1 N–H and O–H groups in total. The highest BCUT2D eigenvalue weighted by atomic mass is 16.6. The lowest BCUT2D eigenvalue weighted by Gasteiger charge is -2.32. The van der Waals surface area contributed by atoms with Crippen molar-refractivity contribution in [3.8, 4) is 0 Å². The van der Waals surface area contributed by atoms with Crippen molar-refractivity contribution in [3.63, 3.8) is 0 Å². The second-order valence-electron chi connectivity index (χ2n) is 3.50. The van der Waals surface area contributed by atoms with E-state index in [1.807, 2.05) is 6.92 Å². The van der Waals surface area contributed by atoms with Gasteiger partial charge < -0.3 is 9.84 Å². The van der Waals surface area contributed by atoms with Crippen molar-refractivity contribution < 1.29 is 9.84 Å². The molecule has 1 aliphatic carbocycles. The van der Waals surface area contributed by atoms with Crippen molar-refractivity contribution >= 4 is 0 Å². The van der Waals surface area contributed by atoms with Crippen LogP contribution >= 0.6 is 0 Å². The molecule has 0 spiro atoms. The highest BCUT2D eigenvalue weighted by molar-refractivity contribution is 4.85. The summed E-state index contributed by atoms with van der Waals surface area (Å²) in [6, 6.07) is 0. The summed E-state index contributed by atoms with van der Waals surface area (Å²) in [7, 11) is 0. The van der Waals surface area contributed by atoms with Crippen LogP contribution in [0.15, 0.2) is 12.3 Å². The minimum Gasteiger partial charge on any atom is -0.468 e. The fraction of sp³-hybridized carbons (Fsp3) is 0.800. The zero-order chi connectivity index (χ0) is 9.03. The maximum absolute atomic E-state index is 9.89. The molecular formula is C10H18O2. The Balaban J connectivity index is 2.41. The molecule has 0 aromatic rings. The Bertz CT molecular complexity index is 157. The second kappa shape index (κ2) is 3.94. The lowest BCUT2D eigenvalue weighted by molar-refractivity contribution is -0.196. The quantitative estimate of drug-likeness (QED) is 0.521. The minimum absolute atomic E-state index is 0.694. The van der Waals surface area contributed by atoms with E-state index in [2.05, 4.69) is 6.58 Å². The molecule has 0 aromatic carbocycles. The Morgan fingerprint density at radius 2 is 2.00 bits per heavy atom. The number of rotatable bonds is 3. The van der Waals surface area contributed by atoms with Crippen LogP contribution in [0.1, 0.15) is 45.4 Å². The molecule has 70 valence electrons. The number of hydrogen-bond donors (Lipinski definition) is 1. The molecule has 2 nitrogen and oxygen atoms in total. The fourth-order valence-corrected chi connectivity index (χ4v) is 1.55. The zero-order valence-electron chi connectivity index (χ0n) is 7.81. The third-order valence-electron chi connectivity index (χ3n) is 2.36. The molecule has 0 unspecified atom stereocenters. The molecule has 1 rings (SSSR count). The van der Waals surface area contributed by atoms with Gasteiger partial charge in [-0.3, -0.25) is 0 Å². The van der Waals surface area contributed by atoms with Gasteiger partial charge >= 0.3 is 0 Å². The molecule has 0 aliphatic heterocycles. The van der Waals surface area contributed by atoms with Crippen molar-refractivity contribution in [3.05, 3.63) is 12.3 Å². The molecule has 0 heterocycles. The largest absolute Gasteiger partial charge is 0.468 e. The summed E-state index contributed by atoms with van der Waals surface area (Å²) in [5, 5.41) is 9.89. The molecule has 0 bridgehead atoms. The normalized spacial score (nSPS) is 21.8. The maximum atomic E-state index is 9.89. The van der Waals surface area contributed by atoms with Crippen LogP contribution in [0.4, 0.5) is 0 Å². The smallest absolute Gasteiger partial charge is 0.207 e. The van der Waals surface area contributed by atoms with E-state index in [4.69, 9.17) is 4.74 Å². The predicted octanol–water partition coefficient (Wildman–Crippen LogP) is 2.58. The molecule has 12 heavy (non-hydrogen) atoms. The van der Waals surface area contributed by atoms with Gasteiger partial charge in [-0.25, -0.2) is 0 Å². The Hall–Kier alpha value is -0.500. The summed E-state index contributed by atoms with van der Waals surface area (Å²) in [5.74, 6) is -0.204. The molecule has 0 aromatic heterocycles. The highest BCUT2D eigenvalue weighted by Crippen LogP contribution is 2.30. The standard InChI is InChI=1S/C10H18O2/c1-3-9(2)12-10(11)7-5-4-6-8-10/h11H,2-8H2,1H3. The Morgan fingerprint density at radius 1 is 1.42 bits per heavy atom. The summed E-state index contributed by atoms with van der Waals surface area (Å²) in [4.78, 5) is 0. The molecule has 1 fully saturated rings. The fourth-order valence-electron chi connectivity index (χ4n) is 1.55. The van der Waals surface area contributed by atoms with Crippen molar-refractivity contribution in [2.75, 3.05) is 0 Å². The van der Waals surface area contributed by atoms with Gasteiger partial charge in [0.05, 0.1) is 5.76 Å². The van der Waals surface area contributed by atoms with Gasteiger partial charge in [0.15, 0.2) is 0 Å². The number of hydrogen-bond acceptors (Lipinski definition) is 2. The number of allylic oxidation sites excluding steroid dienone is 1. The van der Waals surface area contributed by atoms with E-state index in [1.165, 1.54) is 6.42 Å².